The topological polar surface area (TPSA) is 93.3 Å². The summed E-state index contributed by atoms with van der Waals surface area (Å²) in [5.74, 6) is 0.535. The van der Waals surface area contributed by atoms with Crippen LogP contribution >= 0.6 is 0 Å². The fourth-order valence-electron chi connectivity index (χ4n) is 5.61. The average Bonchev–Trinajstić information content (AvgIpc) is 3.50. The summed E-state index contributed by atoms with van der Waals surface area (Å²) in [5.41, 5.74) is 3.81. The van der Waals surface area contributed by atoms with Crippen molar-refractivity contribution in [2.75, 3.05) is 27.2 Å². The number of aryl methyl sites for hydroxylation is 1. The van der Waals surface area contributed by atoms with Crippen molar-refractivity contribution >= 4 is 38.0 Å². The van der Waals surface area contributed by atoms with Crippen molar-refractivity contribution in [3.8, 4) is 11.1 Å². The van der Waals surface area contributed by atoms with Gasteiger partial charge in [-0.05, 0) is 55.2 Å². The molecule has 1 saturated heterocycles. The standard InChI is InChI=1S/C29H29FN6O3S/c1-19-32-25-17-31-13-10-26(25)36(19)23-11-14-34(15-12-23)40(38,39)28-18-35(29(37)33(2)3)27-16-21(6-9-24(27)28)20-4-7-22(30)8-5-20/h4-10,13,16-18,23H,11-12,14-15H2,1-3H3. The Hall–Kier alpha value is -4.09. The fourth-order valence-corrected chi connectivity index (χ4v) is 7.27. The number of hydrogen-bond acceptors (Lipinski definition) is 5. The Bertz CT molecular complexity index is 1850. The molecular formula is C29H29FN6O3S. The third-order valence-electron chi connectivity index (χ3n) is 7.61. The van der Waals surface area contributed by atoms with Gasteiger partial charge in [-0.15, -0.1) is 0 Å². The zero-order valence-electron chi connectivity index (χ0n) is 22.5. The number of hydrogen-bond donors (Lipinski definition) is 0. The zero-order valence-corrected chi connectivity index (χ0v) is 23.3. The minimum absolute atomic E-state index is 0.0946. The summed E-state index contributed by atoms with van der Waals surface area (Å²) in [6, 6.07) is 13.0. The Kier molecular flexibility index (Phi) is 6.42. The van der Waals surface area contributed by atoms with E-state index in [0.717, 1.165) is 28.0 Å². The molecule has 1 fully saturated rings. The third kappa shape index (κ3) is 4.35. The molecule has 2 aromatic carbocycles. The first-order valence-corrected chi connectivity index (χ1v) is 14.5. The lowest BCUT2D eigenvalue weighted by molar-refractivity contribution is 0.220. The molecule has 5 aromatic rings. The Morgan fingerprint density at radius 3 is 2.40 bits per heavy atom. The van der Waals surface area contributed by atoms with Crippen molar-refractivity contribution in [1.29, 1.82) is 0 Å². The largest absolute Gasteiger partial charge is 0.330 e. The molecular weight excluding hydrogens is 531 g/mol. The van der Waals surface area contributed by atoms with Gasteiger partial charge in [0.05, 0.1) is 17.2 Å². The van der Waals surface area contributed by atoms with Crippen molar-refractivity contribution in [2.45, 2.75) is 30.7 Å². The number of sulfonamides is 1. The van der Waals surface area contributed by atoms with Crippen LogP contribution in [0, 0.1) is 12.7 Å². The molecule has 0 bridgehead atoms. The highest BCUT2D eigenvalue weighted by Gasteiger charge is 2.34. The van der Waals surface area contributed by atoms with Gasteiger partial charge < -0.3 is 9.47 Å². The number of pyridine rings is 1. The van der Waals surface area contributed by atoms with Gasteiger partial charge in [-0.3, -0.25) is 9.55 Å². The molecule has 0 spiro atoms. The fraction of sp³-hybridized carbons (Fsp3) is 0.276. The molecule has 4 heterocycles. The second-order valence-corrected chi connectivity index (χ2v) is 12.2. The molecule has 0 unspecified atom stereocenters. The van der Waals surface area contributed by atoms with Crippen LogP contribution in [0.3, 0.4) is 0 Å². The molecule has 0 saturated carbocycles. The first kappa shape index (κ1) is 26.1. The summed E-state index contributed by atoms with van der Waals surface area (Å²) in [4.78, 5) is 23.4. The molecule has 3 aromatic heterocycles. The maximum atomic E-state index is 14.0. The molecule has 206 valence electrons. The quantitative estimate of drug-likeness (QED) is 0.307. The number of nitrogens with zero attached hydrogens (tertiary/aromatic N) is 6. The van der Waals surface area contributed by atoms with Gasteiger partial charge in [-0.1, -0.05) is 24.3 Å². The summed E-state index contributed by atoms with van der Waals surface area (Å²) in [6.45, 7) is 2.65. The molecule has 0 N–H and O–H groups in total. The number of rotatable bonds is 4. The Morgan fingerprint density at radius 1 is 1.00 bits per heavy atom. The van der Waals surface area contributed by atoms with Crippen LogP contribution in [0.25, 0.3) is 33.1 Å². The summed E-state index contributed by atoms with van der Waals surface area (Å²) < 4.78 is 46.5. The van der Waals surface area contributed by atoms with E-state index in [0.29, 0.717) is 36.8 Å². The molecule has 0 aliphatic carbocycles. The van der Waals surface area contributed by atoms with E-state index in [1.54, 1.807) is 56.8 Å². The molecule has 11 heteroatoms. The van der Waals surface area contributed by atoms with Gasteiger partial charge in [0.15, 0.2) is 0 Å². The second-order valence-electron chi connectivity index (χ2n) is 10.3. The van der Waals surface area contributed by atoms with E-state index in [1.807, 2.05) is 13.0 Å². The number of fused-ring (bicyclic) bond motifs is 2. The van der Waals surface area contributed by atoms with Gasteiger partial charge in [-0.25, -0.2) is 22.6 Å². The second kappa shape index (κ2) is 9.83. The number of piperidine rings is 1. The van der Waals surface area contributed by atoms with Crippen LogP contribution in [0.15, 0.2) is 72.0 Å². The number of carbonyl (C=O) groups excluding carboxylic acids is 1. The third-order valence-corrected chi connectivity index (χ3v) is 9.54. The monoisotopic (exact) mass is 560 g/mol. The lowest BCUT2D eigenvalue weighted by Crippen LogP contribution is -2.39. The van der Waals surface area contributed by atoms with Crippen molar-refractivity contribution in [3.63, 3.8) is 0 Å². The predicted molar refractivity (Wildman–Crippen MR) is 151 cm³/mol. The molecule has 0 radical (unpaired) electrons. The van der Waals surface area contributed by atoms with Crippen LogP contribution in [-0.4, -0.2) is 69.9 Å². The van der Waals surface area contributed by atoms with E-state index < -0.39 is 10.0 Å². The van der Waals surface area contributed by atoms with E-state index in [9.17, 15) is 17.6 Å². The molecule has 9 nitrogen and oxygen atoms in total. The van der Waals surface area contributed by atoms with Gasteiger partial charge in [-0.2, -0.15) is 4.31 Å². The van der Waals surface area contributed by atoms with Crippen LogP contribution in [0.2, 0.25) is 0 Å². The van der Waals surface area contributed by atoms with E-state index in [4.69, 9.17) is 0 Å². The summed E-state index contributed by atoms with van der Waals surface area (Å²) in [5, 5.41) is 0.465. The number of benzene rings is 2. The molecule has 1 amide bonds. The summed E-state index contributed by atoms with van der Waals surface area (Å²) in [6.07, 6.45) is 6.18. The SMILES string of the molecule is Cc1nc2cnccc2n1C1CCN(S(=O)(=O)c2cn(C(=O)N(C)C)c3cc(-c4ccc(F)cc4)ccc23)CC1. The Labute approximate surface area is 231 Å². The van der Waals surface area contributed by atoms with E-state index >= 15 is 0 Å². The van der Waals surface area contributed by atoms with Crippen LogP contribution in [0.5, 0.6) is 0 Å². The predicted octanol–water partition coefficient (Wildman–Crippen LogP) is 5.06. The summed E-state index contributed by atoms with van der Waals surface area (Å²) in [7, 11) is -0.658. The van der Waals surface area contributed by atoms with Gasteiger partial charge >= 0.3 is 6.03 Å². The number of aromatic nitrogens is 4. The molecule has 0 atom stereocenters. The van der Waals surface area contributed by atoms with Crippen molar-refractivity contribution in [1.82, 2.24) is 28.3 Å². The van der Waals surface area contributed by atoms with Crippen LogP contribution < -0.4 is 0 Å². The first-order valence-electron chi connectivity index (χ1n) is 13.1. The molecule has 6 rings (SSSR count). The number of amides is 1. The highest BCUT2D eigenvalue weighted by atomic mass is 32.2. The minimum atomic E-state index is -3.90. The van der Waals surface area contributed by atoms with Gasteiger partial charge in [0.2, 0.25) is 10.0 Å². The lowest BCUT2D eigenvalue weighted by atomic mass is 10.0. The summed E-state index contributed by atoms with van der Waals surface area (Å²) >= 11 is 0. The van der Waals surface area contributed by atoms with Crippen molar-refractivity contribution in [3.05, 3.63) is 78.8 Å². The normalized spacial score (nSPS) is 15.2. The number of imidazole rings is 1. The molecule has 1 aliphatic heterocycles. The minimum Gasteiger partial charge on any atom is -0.330 e. The van der Waals surface area contributed by atoms with Crippen molar-refractivity contribution < 1.29 is 17.6 Å². The van der Waals surface area contributed by atoms with Crippen LogP contribution in [-0.2, 0) is 10.0 Å². The maximum absolute atomic E-state index is 14.0. The molecule has 40 heavy (non-hydrogen) atoms. The van der Waals surface area contributed by atoms with Crippen LogP contribution in [0.4, 0.5) is 9.18 Å². The van der Waals surface area contributed by atoms with Gasteiger partial charge in [0, 0.05) is 51.0 Å². The smallest absolute Gasteiger partial charge is 0.328 e. The highest BCUT2D eigenvalue weighted by molar-refractivity contribution is 7.89. The number of halogens is 1. The number of carbonyl (C=O) groups is 1. The highest BCUT2D eigenvalue weighted by Crippen LogP contribution is 2.35. The Balaban J connectivity index is 1.35. The zero-order chi connectivity index (χ0) is 28.2. The van der Waals surface area contributed by atoms with Crippen LogP contribution in [0.1, 0.15) is 24.7 Å². The average molecular weight is 561 g/mol. The van der Waals surface area contributed by atoms with Gasteiger partial charge in [0.1, 0.15) is 22.1 Å². The van der Waals surface area contributed by atoms with Crippen molar-refractivity contribution in [2.24, 2.45) is 0 Å². The Morgan fingerprint density at radius 2 is 1.70 bits per heavy atom. The van der Waals surface area contributed by atoms with E-state index in [1.165, 1.54) is 32.1 Å². The maximum Gasteiger partial charge on any atom is 0.328 e. The van der Waals surface area contributed by atoms with E-state index in [-0.39, 0.29) is 22.8 Å². The van der Waals surface area contributed by atoms with Gasteiger partial charge in [0.25, 0.3) is 0 Å². The lowest BCUT2D eigenvalue weighted by Gasteiger charge is -2.32. The first-order chi connectivity index (χ1) is 19.1. The molecule has 1 aliphatic rings. The van der Waals surface area contributed by atoms with E-state index in [2.05, 4.69) is 14.5 Å².